The molecule has 1 aromatic carbocycles. The molecule has 0 N–H and O–H groups in total. The van der Waals surface area contributed by atoms with Crippen LogP contribution >= 0.6 is 0 Å². The van der Waals surface area contributed by atoms with Crippen LogP contribution in [-0.2, 0) is 4.79 Å². The Morgan fingerprint density at radius 1 is 1.27 bits per heavy atom. The molecule has 1 aromatic rings. The molecule has 0 aliphatic carbocycles. The lowest BCUT2D eigenvalue weighted by molar-refractivity contribution is -0.104. The van der Waals surface area contributed by atoms with Crippen LogP contribution in [0.3, 0.4) is 0 Å². The van der Waals surface area contributed by atoms with Crippen molar-refractivity contribution in [1.82, 2.24) is 4.90 Å². The van der Waals surface area contributed by atoms with Crippen molar-refractivity contribution in [2.75, 3.05) is 21.2 Å². The van der Waals surface area contributed by atoms with E-state index in [1.165, 1.54) is 0 Å². The van der Waals surface area contributed by atoms with E-state index in [0.29, 0.717) is 0 Å². The Kier molecular flexibility index (Phi) is 3.92. The van der Waals surface area contributed by atoms with Crippen molar-refractivity contribution >= 4 is 12.0 Å². The Labute approximate surface area is 90.0 Å². The fourth-order valence-corrected chi connectivity index (χ4v) is 1.33. The van der Waals surface area contributed by atoms with Gasteiger partial charge in [0.25, 0.3) is 0 Å². The Morgan fingerprint density at radius 3 is 2.27 bits per heavy atom. The van der Waals surface area contributed by atoms with Gasteiger partial charge in [0, 0.05) is 25.9 Å². The first-order chi connectivity index (χ1) is 7.19. The maximum atomic E-state index is 10.5. The molecule has 0 aliphatic heterocycles. The van der Waals surface area contributed by atoms with Crippen LogP contribution in [0, 0.1) is 0 Å². The highest BCUT2D eigenvalue weighted by Gasteiger charge is 2.03. The largest absolute Gasteiger partial charge is 0.497 e. The first-order valence-corrected chi connectivity index (χ1v) is 4.66. The summed E-state index contributed by atoms with van der Waals surface area (Å²) in [5, 5.41) is 0. The quantitative estimate of drug-likeness (QED) is 0.554. The molecule has 0 bridgehead atoms. The van der Waals surface area contributed by atoms with Gasteiger partial charge in [0.05, 0.1) is 7.11 Å². The molecule has 80 valence electrons. The number of allylic oxidation sites excluding steroid dienone is 1. The summed E-state index contributed by atoms with van der Waals surface area (Å²) in [7, 11) is 5.43. The third-order valence-electron chi connectivity index (χ3n) is 2.09. The lowest BCUT2D eigenvalue weighted by atomic mass is 10.1. The summed E-state index contributed by atoms with van der Waals surface area (Å²) in [5.74, 6) is 0.808. The van der Waals surface area contributed by atoms with Gasteiger partial charge in [-0.2, -0.15) is 0 Å². The second-order valence-corrected chi connectivity index (χ2v) is 3.31. The predicted octanol–water partition coefficient (Wildman–Crippen LogP) is 1.80. The molecule has 15 heavy (non-hydrogen) atoms. The molecular weight excluding hydrogens is 190 g/mol. The molecule has 0 saturated carbocycles. The van der Waals surface area contributed by atoms with Crippen LogP contribution < -0.4 is 4.74 Å². The number of ether oxygens (including phenoxy) is 1. The van der Waals surface area contributed by atoms with Crippen molar-refractivity contribution < 1.29 is 9.53 Å². The zero-order valence-corrected chi connectivity index (χ0v) is 9.23. The molecule has 0 saturated heterocycles. The van der Waals surface area contributed by atoms with E-state index in [0.717, 1.165) is 23.3 Å². The molecule has 1 rings (SSSR count). The summed E-state index contributed by atoms with van der Waals surface area (Å²) in [4.78, 5) is 12.4. The lowest BCUT2D eigenvalue weighted by Gasteiger charge is -2.16. The van der Waals surface area contributed by atoms with E-state index < -0.39 is 0 Å². The predicted molar refractivity (Wildman–Crippen MR) is 60.7 cm³/mol. The van der Waals surface area contributed by atoms with Gasteiger partial charge < -0.3 is 9.64 Å². The van der Waals surface area contributed by atoms with Gasteiger partial charge in [-0.15, -0.1) is 0 Å². The Balaban J connectivity index is 3.02. The first kappa shape index (κ1) is 11.3. The molecule has 3 nitrogen and oxygen atoms in total. The van der Waals surface area contributed by atoms with Gasteiger partial charge in [-0.3, -0.25) is 4.79 Å². The molecule has 0 radical (unpaired) electrons. The number of hydrogen-bond acceptors (Lipinski definition) is 3. The fourth-order valence-electron chi connectivity index (χ4n) is 1.33. The molecule has 3 heteroatoms. The molecule has 0 atom stereocenters. The van der Waals surface area contributed by atoms with E-state index in [1.54, 1.807) is 13.2 Å². The number of carbonyl (C=O) groups is 1. The van der Waals surface area contributed by atoms with E-state index in [2.05, 4.69) is 0 Å². The van der Waals surface area contributed by atoms with Gasteiger partial charge in [-0.25, -0.2) is 0 Å². The normalized spacial score (nSPS) is 11.0. The summed E-state index contributed by atoms with van der Waals surface area (Å²) < 4.78 is 5.07. The smallest absolute Gasteiger partial charge is 0.144 e. The molecule has 0 spiro atoms. The van der Waals surface area contributed by atoms with Crippen molar-refractivity contribution in [2.24, 2.45) is 0 Å². The molecular formula is C12H15NO2. The molecule has 0 aliphatic rings. The van der Waals surface area contributed by atoms with Gasteiger partial charge in [-0.1, -0.05) is 0 Å². The van der Waals surface area contributed by atoms with Crippen molar-refractivity contribution in [3.63, 3.8) is 0 Å². The SMILES string of the molecule is COc1ccc(/C(=C\C=O)N(C)C)cc1. The Hall–Kier alpha value is -1.77. The van der Waals surface area contributed by atoms with Crippen molar-refractivity contribution in [1.29, 1.82) is 0 Å². The van der Waals surface area contributed by atoms with E-state index in [1.807, 2.05) is 43.3 Å². The van der Waals surface area contributed by atoms with E-state index in [9.17, 15) is 4.79 Å². The van der Waals surface area contributed by atoms with Gasteiger partial charge in [-0.05, 0) is 29.8 Å². The third kappa shape index (κ3) is 2.84. The zero-order chi connectivity index (χ0) is 11.3. The van der Waals surface area contributed by atoms with Crippen LogP contribution in [0.5, 0.6) is 5.75 Å². The summed E-state index contributed by atoms with van der Waals surface area (Å²) in [5.41, 5.74) is 1.88. The summed E-state index contributed by atoms with van der Waals surface area (Å²) in [6.45, 7) is 0. The highest BCUT2D eigenvalue weighted by molar-refractivity contribution is 5.80. The first-order valence-electron chi connectivity index (χ1n) is 4.66. The Morgan fingerprint density at radius 2 is 1.87 bits per heavy atom. The molecule has 0 unspecified atom stereocenters. The number of aldehydes is 1. The van der Waals surface area contributed by atoms with Crippen LogP contribution in [0.1, 0.15) is 5.56 Å². The second-order valence-electron chi connectivity index (χ2n) is 3.31. The average Bonchev–Trinajstić information content (AvgIpc) is 2.26. The minimum Gasteiger partial charge on any atom is -0.497 e. The summed E-state index contributed by atoms with van der Waals surface area (Å²) in [6.07, 6.45) is 2.33. The standard InChI is InChI=1S/C12H15NO2/c1-13(2)12(8-9-14)10-4-6-11(15-3)7-5-10/h4-9H,1-3H3/b12-8+. The lowest BCUT2D eigenvalue weighted by Crippen LogP contribution is -2.10. The average molecular weight is 205 g/mol. The van der Waals surface area contributed by atoms with Gasteiger partial charge >= 0.3 is 0 Å². The number of rotatable bonds is 4. The number of methoxy groups -OCH3 is 1. The molecule has 0 amide bonds. The van der Waals surface area contributed by atoms with Crippen LogP contribution in [0.25, 0.3) is 5.70 Å². The van der Waals surface area contributed by atoms with Crippen LogP contribution in [0.2, 0.25) is 0 Å². The molecule has 0 fully saturated rings. The fraction of sp³-hybridized carbons (Fsp3) is 0.250. The summed E-state index contributed by atoms with van der Waals surface area (Å²) >= 11 is 0. The monoisotopic (exact) mass is 205 g/mol. The maximum Gasteiger partial charge on any atom is 0.144 e. The summed E-state index contributed by atoms with van der Waals surface area (Å²) in [6, 6.07) is 7.59. The van der Waals surface area contributed by atoms with Gasteiger partial charge in [0.15, 0.2) is 0 Å². The van der Waals surface area contributed by atoms with Crippen molar-refractivity contribution in [3.8, 4) is 5.75 Å². The topological polar surface area (TPSA) is 29.5 Å². The second kappa shape index (κ2) is 5.20. The van der Waals surface area contributed by atoms with E-state index >= 15 is 0 Å². The van der Waals surface area contributed by atoms with Crippen molar-refractivity contribution in [3.05, 3.63) is 35.9 Å². The van der Waals surface area contributed by atoms with Crippen LogP contribution in [0.15, 0.2) is 30.3 Å². The molecule has 0 aromatic heterocycles. The number of nitrogens with zero attached hydrogens (tertiary/aromatic N) is 1. The maximum absolute atomic E-state index is 10.5. The van der Waals surface area contributed by atoms with E-state index in [4.69, 9.17) is 4.74 Å². The van der Waals surface area contributed by atoms with Crippen LogP contribution in [-0.4, -0.2) is 32.4 Å². The highest BCUT2D eigenvalue weighted by Crippen LogP contribution is 2.19. The zero-order valence-electron chi connectivity index (χ0n) is 9.23. The molecule has 0 heterocycles. The number of carbonyl (C=O) groups excluding carboxylic acids is 1. The number of hydrogen-bond donors (Lipinski definition) is 0. The Bertz CT molecular complexity index is 352. The minimum absolute atomic E-state index is 0.791. The minimum atomic E-state index is 0.791. The third-order valence-corrected chi connectivity index (χ3v) is 2.09. The van der Waals surface area contributed by atoms with Gasteiger partial charge in [0.2, 0.25) is 0 Å². The van der Waals surface area contributed by atoms with Gasteiger partial charge in [0.1, 0.15) is 12.0 Å². The highest BCUT2D eigenvalue weighted by atomic mass is 16.5. The van der Waals surface area contributed by atoms with Crippen LogP contribution in [0.4, 0.5) is 0 Å². The van der Waals surface area contributed by atoms with E-state index in [-0.39, 0.29) is 0 Å². The number of benzene rings is 1. The van der Waals surface area contributed by atoms with Crippen molar-refractivity contribution in [2.45, 2.75) is 0 Å².